The first-order chi connectivity index (χ1) is 11.5. The Kier molecular flexibility index (Phi) is 8.53. The van der Waals surface area contributed by atoms with Gasteiger partial charge in [-0.05, 0) is 50.3 Å². The molecule has 0 aliphatic heterocycles. The molecule has 1 aliphatic carbocycles. The lowest BCUT2D eigenvalue weighted by Gasteiger charge is -2.15. The minimum Gasteiger partial charge on any atom is -0.327 e. The maximum absolute atomic E-state index is 12.2. The molecule has 8 heteroatoms. The van der Waals surface area contributed by atoms with E-state index in [2.05, 4.69) is 15.4 Å². The van der Waals surface area contributed by atoms with E-state index < -0.39 is 0 Å². The van der Waals surface area contributed by atoms with E-state index in [1.54, 1.807) is 0 Å². The summed E-state index contributed by atoms with van der Waals surface area (Å²) in [6, 6.07) is 8.04. The molecule has 1 amide bonds. The van der Waals surface area contributed by atoms with Crippen LogP contribution in [0.5, 0.6) is 0 Å². The average molecular weight is 400 g/mol. The van der Waals surface area contributed by atoms with Crippen LogP contribution in [0.3, 0.4) is 0 Å². The van der Waals surface area contributed by atoms with Crippen LogP contribution in [0.15, 0.2) is 24.3 Å². The molecular weight excluding hydrogens is 373 g/mol. The zero-order valence-corrected chi connectivity index (χ0v) is 16.8. The van der Waals surface area contributed by atoms with Crippen LogP contribution in [0.4, 0.5) is 5.69 Å². The normalized spacial score (nSPS) is 18.7. The molecule has 0 spiro atoms. The number of carbonyl (C=O) groups is 1. The number of hydrogen-bond acceptors (Lipinski definition) is 4. The molecule has 144 valence electrons. The van der Waals surface area contributed by atoms with Crippen molar-refractivity contribution in [1.82, 2.24) is 14.8 Å². The quantitative estimate of drug-likeness (QED) is 0.807. The highest BCUT2D eigenvalue weighted by molar-refractivity contribution is 5.91. The van der Waals surface area contributed by atoms with Gasteiger partial charge in [0.25, 0.3) is 0 Å². The molecule has 0 bridgehead atoms. The Labute approximate surface area is 166 Å². The molecule has 6 nitrogen and oxygen atoms in total. The molecule has 1 aromatic carbocycles. The van der Waals surface area contributed by atoms with Crippen molar-refractivity contribution >= 4 is 36.4 Å². The number of amides is 1. The first-order valence-electron chi connectivity index (χ1n) is 8.53. The monoisotopic (exact) mass is 399 g/mol. The number of nitrogens with one attached hydrogen (secondary N) is 1. The Bertz CT molecular complexity index is 734. The molecule has 26 heavy (non-hydrogen) atoms. The summed E-state index contributed by atoms with van der Waals surface area (Å²) in [6.07, 6.45) is 3.72. The van der Waals surface area contributed by atoms with E-state index in [0.29, 0.717) is 18.9 Å². The number of aromatic nitrogens is 3. The summed E-state index contributed by atoms with van der Waals surface area (Å²) in [5.41, 5.74) is 7.95. The standard InChI is InChI=1S/C18H25N5O.2ClH/c1-12-20-13(2)23(22-12)11-14-5-3-7-16(9-14)21-18(24)10-15-6-4-8-17(15)19;;/h3,5,7,9,15,17H,4,6,8,10-11,19H2,1-2H3,(H,21,24);2*1H/t15-,17+;;/m0../s1. The highest BCUT2D eigenvalue weighted by Crippen LogP contribution is 2.27. The molecule has 2 aromatic rings. The molecule has 3 N–H and O–H groups in total. The van der Waals surface area contributed by atoms with Crippen LogP contribution in [0.2, 0.25) is 0 Å². The molecule has 0 saturated heterocycles. The van der Waals surface area contributed by atoms with Gasteiger partial charge in [0.1, 0.15) is 11.6 Å². The number of benzene rings is 1. The minimum atomic E-state index is 0. The van der Waals surface area contributed by atoms with Gasteiger partial charge in [0.2, 0.25) is 5.91 Å². The van der Waals surface area contributed by atoms with E-state index in [4.69, 9.17) is 5.73 Å². The number of nitrogens with zero attached hydrogens (tertiary/aromatic N) is 3. The second-order valence-electron chi connectivity index (χ2n) is 6.67. The number of rotatable bonds is 5. The van der Waals surface area contributed by atoms with E-state index in [1.165, 1.54) is 0 Å². The van der Waals surface area contributed by atoms with Crippen molar-refractivity contribution in [1.29, 1.82) is 0 Å². The lowest BCUT2D eigenvalue weighted by atomic mass is 10.00. The molecule has 0 radical (unpaired) electrons. The summed E-state index contributed by atoms with van der Waals surface area (Å²) in [7, 11) is 0. The molecule has 1 aliphatic rings. The molecule has 1 aromatic heterocycles. The van der Waals surface area contributed by atoms with Crippen molar-refractivity contribution in [2.75, 3.05) is 5.32 Å². The van der Waals surface area contributed by atoms with Gasteiger partial charge in [-0.1, -0.05) is 18.6 Å². The van der Waals surface area contributed by atoms with Crippen LogP contribution in [0.25, 0.3) is 0 Å². The van der Waals surface area contributed by atoms with Crippen molar-refractivity contribution < 1.29 is 4.79 Å². The van der Waals surface area contributed by atoms with Gasteiger partial charge in [-0.2, -0.15) is 5.10 Å². The van der Waals surface area contributed by atoms with Gasteiger partial charge in [0, 0.05) is 18.2 Å². The lowest BCUT2D eigenvalue weighted by Crippen LogP contribution is -2.28. The second-order valence-corrected chi connectivity index (χ2v) is 6.67. The predicted molar refractivity (Wildman–Crippen MR) is 108 cm³/mol. The Hall–Kier alpha value is -1.63. The van der Waals surface area contributed by atoms with Gasteiger partial charge in [0.05, 0.1) is 6.54 Å². The van der Waals surface area contributed by atoms with Gasteiger partial charge in [-0.3, -0.25) is 4.79 Å². The van der Waals surface area contributed by atoms with Crippen LogP contribution < -0.4 is 11.1 Å². The topological polar surface area (TPSA) is 85.8 Å². The van der Waals surface area contributed by atoms with E-state index in [0.717, 1.165) is 42.2 Å². The molecular formula is C18H27Cl2N5O. The Morgan fingerprint density at radius 3 is 2.69 bits per heavy atom. The number of nitrogens with two attached hydrogens (primary N) is 1. The molecule has 2 atom stereocenters. The summed E-state index contributed by atoms with van der Waals surface area (Å²) < 4.78 is 1.87. The van der Waals surface area contributed by atoms with Crippen LogP contribution in [0.1, 0.15) is 42.9 Å². The van der Waals surface area contributed by atoms with Gasteiger partial charge in [-0.25, -0.2) is 9.67 Å². The van der Waals surface area contributed by atoms with Gasteiger partial charge in [0.15, 0.2) is 0 Å². The fourth-order valence-electron chi connectivity index (χ4n) is 3.40. The first kappa shape index (κ1) is 22.4. The zero-order valence-electron chi connectivity index (χ0n) is 15.1. The van der Waals surface area contributed by atoms with Gasteiger partial charge < -0.3 is 11.1 Å². The van der Waals surface area contributed by atoms with Crippen LogP contribution in [0, 0.1) is 19.8 Å². The van der Waals surface area contributed by atoms with Gasteiger partial charge in [-0.15, -0.1) is 24.8 Å². The maximum atomic E-state index is 12.2. The van der Waals surface area contributed by atoms with Crippen molar-refractivity contribution in [2.45, 2.75) is 52.1 Å². The third-order valence-corrected chi connectivity index (χ3v) is 4.67. The van der Waals surface area contributed by atoms with Crippen LogP contribution in [-0.4, -0.2) is 26.7 Å². The Morgan fingerprint density at radius 2 is 2.08 bits per heavy atom. The van der Waals surface area contributed by atoms with E-state index in [-0.39, 0.29) is 36.8 Å². The van der Waals surface area contributed by atoms with Crippen molar-refractivity contribution in [2.24, 2.45) is 11.7 Å². The van der Waals surface area contributed by atoms with Crippen LogP contribution >= 0.6 is 24.8 Å². The maximum Gasteiger partial charge on any atom is 0.224 e. The zero-order chi connectivity index (χ0) is 17.1. The Balaban J connectivity index is 0.00000169. The number of aryl methyl sites for hydroxylation is 2. The number of hydrogen-bond donors (Lipinski definition) is 2. The summed E-state index contributed by atoms with van der Waals surface area (Å²) in [6.45, 7) is 4.47. The fourth-order valence-corrected chi connectivity index (χ4v) is 3.40. The first-order valence-corrected chi connectivity index (χ1v) is 8.53. The molecule has 3 rings (SSSR count). The van der Waals surface area contributed by atoms with Crippen molar-refractivity contribution in [3.63, 3.8) is 0 Å². The van der Waals surface area contributed by atoms with Gasteiger partial charge >= 0.3 is 0 Å². The summed E-state index contributed by atoms with van der Waals surface area (Å²) in [5.74, 6) is 2.01. The minimum absolute atomic E-state index is 0. The molecule has 1 fully saturated rings. The smallest absolute Gasteiger partial charge is 0.224 e. The number of anilines is 1. The lowest BCUT2D eigenvalue weighted by molar-refractivity contribution is -0.117. The van der Waals surface area contributed by atoms with Crippen molar-refractivity contribution in [3.8, 4) is 0 Å². The summed E-state index contributed by atoms with van der Waals surface area (Å²) >= 11 is 0. The number of carbonyl (C=O) groups excluding carboxylic acids is 1. The summed E-state index contributed by atoms with van der Waals surface area (Å²) in [4.78, 5) is 16.6. The highest BCUT2D eigenvalue weighted by Gasteiger charge is 2.26. The largest absolute Gasteiger partial charge is 0.327 e. The van der Waals surface area contributed by atoms with Crippen molar-refractivity contribution in [3.05, 3.63) is 41.5 Å². The average Bonchev–Trinajstić information content (AvgIpc) is 3.05. The molecule has 1 saturated carbocycles. The highest BCUT2D eigenvalue weighted by atomic mass is 35.5. The van der Waals surface area contributed by atoms with Crippen LogP contribution in [-0.2, 0) is 11.3 Å². The second kappa shape index (κ2) is 9.90. The fraction of sp³-hybridized carbons (Fsp3) is 0.500. The molecule has 1 heterocycles. The Morgan fingerprint density at radius 1 is 1.31 bits per heavy atom. The predicted octanol–water partition coefficient (Wildman–Crippen LogP) is 3.24. The summed E-state index contributed by atoms with van der Waals surface area (Å²) in [5, 5.41) is 7.37. The number of halogens is 2. The SMILES string of the molecule is Cc1nc(C)n(Cc2cccc(NC(=O)C[C@@H]3CCC[C@H]3N)c2)n1.Cl.Cl. The third kappa shape index (κ3) is 5.69. The van der Waals surface area contributed by atoms with E-state index >= 15 is 0 Å². The third-order valence-electron chi connectivity index (χ3n) is 4.67. The molecule has 0 unspecified atom stereocenters. The van der Waals surface area contributed by atoms with E-state index in [9.17, 15) is 4.79 Å². The van der Waals surface area contributed by atoms with E-state index in [1.807, 2.05) is 42.8 Å².